The van der Waals surface area contributed by atoms with Crippen LogP contribution in [-0.2, 0) is 20.8 Å². The average molecular weight is 597 g/mol. The molecule has 7 nitrogen and oxygen atoms in total. The smallest absolute Gasteiger partial charge is 0.245 e. The maximum atomic E-state index is 14.2. The number of fused-ring (bicyclic) bond motifs is 2. The van der Waals surface area contributed by atoms with Gasteiger partial charge < -0.3 is 15.5 Å². The highest BCUT2D eigenvalue weighted by Gasteiger charge is 2.51. The number of hydrogen-bond donors (Lipinski definition) is 2. The molecule has 4 aliphatic rings. The summed E-state index contributed by atoms with van der Waals surface area (Å²) in [5, 5.41) is 6.45. The molecule has 0 aromatic heterocycles. The molecule has 43 heavy (non-hydrogen) atoms. The van der Waals surface area contributed by atoms with Gasteiger partial charge >= 0.3 is 0 Å². The van der Waals surface area contributed by atoms with Crippen molar-refractivity contribution in [1.82, 2.24) is 20.4 Å². The Balaban J connectivity index is 1.32. The van der Waals surface area contributed by atoms with Gasteiger partial charge in [0.25, 0.3) is 0 Å². The number of rotatable bonds is 8. The van der Waals surface area contributed by atoms with Crippen molar-refractivity contribution in [3.63, 3.8) is 0 Å². The third-order valence-corrected chi connectivity index (χ3v) is 10.8. The van der Waals surface area contributed by atoms with Gasteiger partial charge in [-0.05, 0) is 103 Å². The Kier molecular flexibility index (Phi) is 9.55. The Morgan fingerprint density at radius 3 is 2.23 bits per heavy atom. The van der Waals surface area contributed by atoms with Crippen molar-refractivity contribution in [2.75, 3.05) is 19.6 Å². The van der Waals surface area contributed by atoms with Crippen molar-refractivity contribution in [2.24, 2.45) is 23.2 Å². The van der Waals surface area contributed by atoms with Crippen LogP contribution in [-0.4, -0.2) is 70.8 Å². The number of benzene rings is 1. The minimum absolute atomic E-state index is 0.0450. The van der Waals surface area contributed by atoms with Crippen LogP contribution >= 0.6 is 0 Å². The minimum atomic E-state index is -0.727. The van der Waals surface area contributed by atoms with Gasteiger partial charge in [-0.25, -0.2) is 4.39 Å². The van der Waals surface area contributed by atoms with E-state index in [-0.39, 0.29) is 41.0 Å². The number of nitrogens with one attached hydrogen (secondary N) is 2. The Morgan fingerprint density at radius 2 is 1.65 bits per heavy atom. The van der Waals surface area contributed by atoms with Crippen LogP contribution in [0.15, 0.2) is 24.3 Å². The molecule has 2 aliphatic carbocycles. The molecule has 0 radical (unpaired) electrons. The minimum Gasteiger partial charge on any atom is -0.351 e. The first-order valence-electron chi connectivity index (χ1n) is 16.8. The normalized spacial score (nSPS) is 26.9. The lowest BCUT2D eigenvalue weighted by atomic mass is 9.63. The Hall–Kier alpha value is -2.48. The molecule has 1 aromatic rings. The lowest BCUT2D eigenvalue weighted by molar-refractivity contribution is -0.147. The highest BCUT2D eigenvalue weighted by Crippen LogP contribution is 2.47. The summed E-state index contributed by atoms with van der Waals surface area (Å²) in [6.07, 6.45) is 9.15. The highest BCUT2D eigenvalue weighted by atomic mass is 19.1. The van der Waals surface area contributed by atoms with Crippen LogP contribution in [0.3, 0.4) is 0 Å². The first-order valence-corrected chi connectivity index (χ1v) is 16.8. The van der Waals surface area contributed by atoms with Crippen LogP contribution in [0.25, 0.3) is 0 Å². The third kappa shape index (κ3) is 7.10. The van der Waals surface area contributed by atoms with Gasteiger partial charge in [0.15, 0.2) is 0 Å². The molecule has 2 saturated heterocycles. The van der Waals surface area contributed by atoms with Crippen LogP contribution in [0.4, 0.5) is 4.39 Å². The number of halogens is 1. The van der Waals surface area contributed by atoms with Gasteiger partial charge in [0.05, 0.1) is 11.3 Å². The Morgan fingerprint density at radius 1 is 1.00 bits per heavy atom. The molecule has 2 N–H and O–H groups in total. The van der Waals surface area contributed by atoms with Gasteiger partial charge in [-0.2, -0.15) is 0 Å². The standard InChI is InChI=1S/C35H53FN4O3/c1-23(2)40-22-25-19-28(30(40)21-25)31(41)37-29(20-24-11-13-27(36)14-12-24)32(42)39-17-15-35(16-18-39,26-9-7-6-8-10-26)33(43)38-34(3,4)5/h11-14,23,25-26,28-30H,6-10,15-22H2,1-5H3,(H,37,41)(H,38,43)/t25-,28+,29+,30-/m0/s1. The molecule has 2 saturated carbocycles. The molecule has 3 amide bonds. The summed E-state index contributed by atoms with van der Waals surface area (Å²) in [6.45, 7) is 12.5. The van der Waals surface area contributed by atoms with E-state index in [0.717, 1.165) is 50.6 Å². The van der Waals surface area contributed by atoms with Gasteiger partial charge in [0, 0.05) is 43.7 Å². The highest BCUT2D eigenvalue weighted by molar-refractivity contribution is 5.90. The number of nitrogens with zero attached hydrogens (tertiary/aromatic N) is 2. The largest absolute Gasteiger partial charge is 0.351 e. The number of carbonyl (C=O) groups excluding carboxylic acids is 3. The van der Waals surface area contributed by atoms with E-state index < -0.39 is 11.5 Å². The molecular formula is C35H53FN4O3. The SMILES string of the molecule is CC(C)N1C[C@H]2C[C@@H](C(=O)N[C@H](Cc3ccc(F)cc3)C(=O)N3CCC(C(=O)NC(C)(C)C)(C4CCCCC4)CC3)[C@@H]1C2. The second kappa shape index (κ2) is 12.9. The molecule has 4 atom stereocenters. The predicted molar refractivity (Wildman–Crippen MR) is 167 cm³/mol. The summed E-state index contributed by atoms with van der Waals surface area (Å²) in [6, 6.07) is 6.08. The molecule has 1 aromatic carbocycles. The molecule has 2 aliphatic heterocycles. The zero-order valence-electron chi connectivity index (χ0n) is 27.0. The van der Waals surface area contributed by atoms with Crippen LogP contribution in [0.1, 0.15) is 98.0 Å². The fourth-order valence-corrected chi connectivity index (χ4v) is 8.57. The van der Waals surface area contributed by atoms with Crippen molar-refractivity contribution >= 4 is 17.7 Å². The van der Waals surface area contributed by atoms with Gasteiger partial charge in [-0.3, -0.25) is 19.3 Å². The van der Waals surface area contributed by atoms with E-state index in [1.54, 1.807) is 12.1 Å². The van der Waals surface area contributed by atoms with E-state index in [0.29, 0.717) is 50.2 Å². The van der Waals surface area contributed by atoms with E-state index in [1.165, 1.54) is 18.6 Å². The van der Waals surface area contributed by atoms with E-state index in [4.69, 9.17) is 0 Å². The zero-order chi connectivity index (χ0) is 30.9. The molecule has 2 bridgehead atoms. The lowest BCUT2D eigenvalue weighted by Gasteiger charge is -2.48. The van der Waals surface area contributed by atoms with Gasteiger partial charge in [0.1, 0.15) is 11.9 Å². The molecule has 0 unspecified atom stereocenters. The molecule has 4 fully saturated rings. The van der Waals surface area contributed by atoms with Crippen molar-refractivity contribution < 1.29 is 18.8 Å². The topological polar surface area (TPSA) is 81.8 Å². The summed E-state index contributed by atoms with van der Waals surface area (Å²) < 4.78 is 13.7. The number of piperidine rings is 2. The van der Waals surface area contributed by atoms with Gasteiger partial charge in [0.2, 0.25) is 17.7 Å². The first kappa shape index (κ1) is 31.9. The fourth-order valence-electron chi connectivity index (χ4n) is 8.57. The van der Waals surface area contributed by atoms with Crippen molar-refractivity contribution in [3.05, 3.63) is 35.6 Å². The molecule has 238 valence electrons. The maximum Gasteiger partial charge on any atom is 0.245 e. The van der Waals surface area contributed by atoms with Crippen LogP contribution in [0, 0.1) is 29.0 Å². The average Bonchev–Trinajstić information content (AvgIpc) is 3.59. The third-order valence-electron chi connectivity index (χ3n) is 10.8. The van der Waals surface area contributed by atoms with Crippen molar-refractivity contribution in [2.45, 2.75) is 122 Å². The number of amides is 3. The molecular weight excluding hydrogens is 543 g/mol. The van der Waals surface area contributed by atoms with E-state index >= 15 is 0 Å². The monoisotopic (exact) mass is 596 g/mol. The molecule has 8 heteroatoms. The van der Waals surface area contributed by atoms with Gasteiger partial charge in [-0.15, -0.1) is 0 Å². The molecule has 5 rings (SSSR count). The summed E-state index contributed by atoms with van der Waals surface area (Å²) >= 11 is 0. The van der Waals surface area contributed by atoms with Crippen molar-refractivity contribution in [1.29, 1.82) is 0 Å². The van der Waals surface area contributed by atoms with E-state index in [2.05, 4.69) is 29.4 Å². The van der Waals surface area contributed by atoms with E-state index in [1.807, 2.05) is 25.7 Å². The van der Waals surface area contributed by atoms with E-state index in [9.17, 15) is 18.8 Å². The zero-order valence-corrected chi connectivity index (χ0v) is 27.0. The maximum absolute atomic E-state index is 14.2. The molecule has 2 heterocycles. The number of hydrogen-bond acceptors (Lipinski definition) is 4. The Labute approximate surface area is 257 Å². The fraction of sp³-hybridized carbons (Fsp3) is 0.743. The number of likely N-dealkylation sites (tertiary alicyclic amines) is 2. The van der Waals surface area contributed by atoms with Crippen LogP contribution in [0.5, 0.6) is 0 Å². The van der Waals surface area contributed by atoms with Gasteiger partial charge in [-0.1, -0.05) is 31.4 Å². The summed E-state index contributed by atoms with van der Waals surface area (Å²) in [5.41, 5.74) is 0.0277. The summed E-state index contributed by atoms with van der Waals surface area (Å²) in [4.78, 5) is 46.1. The van der Waals surface area contributed by atoms with Crippen LogP contribution in [0.2, 0.25) is 0 Å². The quantitative estimate of drug-likeness (QED) is 0.439. The molecule has 0 spiro atoms. The summed E-state index contributed by atoms with van der Waals surface area (Å²) in [5.74, 6) is 0.398. The second-order valence-corrected chi connectivity index (χ2v) is 15.2. The van der Waals surface area contributed by atoms with Crippen molar-refractivity contribution in [3.8, 4) is 0 Å². The predicted octanol–water partition coefficient (Wildman–Crippen LogP) is 5.08. The van der Waals surface area contributed by atoms with Crippen LogP contribution < -0.4 is 10.6 Å². The lowest BCUT2D eigenvalue weighted by Crippen LogP contribution is -2.59. The second-order valence-electron chi connectivity index (χ2n) is 15.2. The summed E-state index contributed by atoms with van der Waals surface area (Å²) in [7, 11) is 0. The first-order chi connectivity index (χ1) is 20.4. The Bertz CT molecular complexity index is 1150. The number of carbonyl (C=O) groups is 3.